The van der Waals surface area contributed by atoms with Crippen molar-refractivity contribution in [1.82, 2.24) is 0 Å². The number of carbonyl (C=O) groups excluding carboxylic acids is 1. The van der Waals surface area contributed by atoms with Crippen molar-refractivity contribution in [3.05, 3.63) is 58.8 Å². The van der Waals surface area contributed by atoms with Crippen molar-refractivity contribution in [3.8, 4) is 0 Å². The highest BCUT2D eigenvalue weighted by Gasteiger charge is 2.19. The van der Waals surface area contributed by atoms with Gasteiger partial charge in [0.2, 0.25) is 0 Å². The van der Waals surface area contributed by atoms with E-state index in [0.717, 1.165) is 21.8 Å². The zero-order valence-electron chi connectivity index (χ0n) is 9.75. The zero-order chi connectivity index (χ0) is 12.5. The first kappa shape index (κ1) is 10.7. The molecule has 0 N–H and O–H groups in total. The molecule has 1 aromatic carbocycles. The number of allylic oxidation sites excluding steroid dienone is 4. The number of hydrogen-bond donors (Lipinski definition) is 0. The Kier molecular flexibility index (Phi) is 2.41. The summed E-state index contributed by atoms with van der Waals surface area (Å²) in [4.78, 5) is 20.0. The standard InChI is InChI=1S/C14H10N2O2/c1-9(17)18-16-13-8-4-7-12-14(13)10-5-2-3-6-11(10)15-12/h2-8H,1H3. The number of oxime groups is 1. The SMILES string of the molecule is CC(=O)ON=C1C=CC=C2N=c3ccccc3=C21. The highest BCUT2D eigenvalue weighted by molar-refractivity contribution is 6.30. The van der Waals surface area contributed by atoms with Gasteiger partial charge in [-0.3, -0.25) is 0 Å². The fourth-order valence-corrected chi connectivity index (χ4v) is 2.00. The summed E-state index contributed by atoms with van der Waals surface area (Å²) in [5.74, 6) is -0.434. The van der Waals surface area contributed by atoms with Crippen molar-refractivity contribution in [3.63, 3.8) is 0 Å². The van der Waals surface area contributed by atoms with Crippen LogP contribution in [0.2, 0.25) is 0 Å². The highest BCUT2D eigenvalue weighted by atomic mass is 16.7. The highest BCUT2D eigenvalue weighted by Crippen LogP contribution is 2.20. The summed E-state index contributed by atoms with van der Waals surface area (Å²) < 4.78 is 0. The lowest BCUT2D eigenvalue weighted by molar-refractivity contribution is -0.140. The first-order chi connectivity index (χ1) is 8.75. The number of hydrogen-bond acceptors (Lipinski definition) is 4. The summed E-state index contributed by atoms with van der Waals surface area (Å²) in [7, 11) is 0. The fourth-order valence-electron chi connectivity index (χ4n) is 2.00. The van der Waals surface area contributed by atoms with Crippen LogP contribution in [-0.4, -0.2) is 11.7 Å². The average molecular weight is 238 g/mol. The van der Waals surface area contributed by atoms with Gasteiger partial charge in [-0.2, -0.15) is 0 Å². The van der Waals surface area contributed by atoms with Crippen LogP contribution in [0.4, 0.5) is 0 Å². The number of rotatable bonds is 1. The van der Waals surface area contributed by atoms with E-state index in [-0.39, 0.29) is 0 Å². The summed E-state index contributed by atoms with van der Waals surface area (Å²) in [6, 6.07) is 7.82. The Hall–Kier alpha value is -2.49. The van der Waals surface area contributed by atoms with Crippen molar-refractivity contribution < 1.29 is 9.63 Å². The molecule has 0 amide bonds. The van der Waals surface area contributed by atoms with Crippen LogP contribution in [-0.2, 0) is 9.63 Å². The van der Waals surface area contributed by atoms with E-state index in [4.69, 9.17) is 4.84 Å². The molecule has 0 saturated carbocycles. The van der Waals surface area contributed by atoms with Crippen LogP contribution < -0.4 is 10.6 Å². The molecule has 0 saturated heterocycles. The van der Waals surface area contributed by atoms with Crippen LogP contribution in [0.5, 0.6) is 0 Å². The van der Waals surface area contributed by atoms with Crippen molar-refractivity contribution in [2.24, 2.45) is 10.1 Å². The molecule has 0 spiro atoms. The molecule has 4 nitrogen and oxygen atoms in total. The van der Waals surface area contributed by atoms with Crippen LogP contribution in [0.3, 0.4) is 0 Å². The number of fused-ring (bicyclic) bond motifs is 2. The Morgan fingerprint density at radius 2 is 2.17 bits per heavy atom. The molecule has 0 bridgehead atoms. The summed E-state index contributed by atoms with van der Waals surface area (Å²) >= 11 is 0. The van der Waals surface area contributed by atoms with E-state index in [1.54, 1.807) is 6.08 Å². The number of benzene rings is 1. The maximum Gasteiger partial charge on any atom is 0.332 e. The molecule has 1 aliphatic carbocycles. The average Bonchev–Trinajstić information content (AvgIpc) is 2.75. The Balaban J connectivity index is 2.20. The van der Waals surface area contributed by atoms with Gasteiger partial charge in [-0.25, -0.2) is 9.79 Å². The number of para-hydroxylation sites is 1. The van der Waals surface area contributed by atoms with Gasteiger partial charge in [0, 0.05) is 17.7 Å². The van der Waals surface area contributed by atoms with Crippen LogP contribution >= 0.6 is 0 Å². The summed E-state index contributed by atoms with van der Waals surface area (Å²) in [5, 5.41) is 5.79. The predicted molar refractivity (Wildman–Crippen MR) is 67.1 cm³/mol. The normalized spacial score (nSPS) is 17.9. The molecule has 0 radical (unpaired) electrons. The molecule has 4 heteroatoms. The van der Waals surface area contributed by atoms with Gasteiger partial charge in [-0.05, 0) is 18.2 Å². The molecule has 0 atom stereocenters. The number of nitrogens with zero attached hydrogens (tertiary/aromatic N) is 2. The summed E-state index contributed by atoms with van der Waals surface area (Å²) in [5.41, 5.74) is 2.38. The molecule has 18 heavy (non-hydrogen) atoms. The van der Waals surface area contributed by atoms with Gasteiger partial charge in [-0.1, -0.05) is 29.4 Å². The molecular weight excluding hydrogens is 228 g/mol. The van der Waals surface area contributed by atoms with Gasteiger partial charge in [-0.15, -0.1) is 0 Å². The van der Waals surface area contributed by atoms with E-state index in [2.05, 4.69) is 10.1 Å². The Morgan fingerprint density at radius 1 is 1.33 bits per heavy atom. The largest absolute Gasteiger partial charge is 0.332 e. The van der Waals surface area contributed by atoms with Crippen LogP contribution in [0, 0.1) is 0 Å². The minimum absolute atomic E-state index is 0.434. The van der Waals surface area contributed by atoms with Crippen molar-refractivity contribution in [2.45, 2.75) is 6.92 Å². The lowest BCUT2D eigenvalue weighted by Gasteiger charge is -2.07. The van der Waals surface area contributed by atoms with Gasteiger partial charge in [0.25, 0.3) is 0 Å². The minimum Gasteiger partial charge on any atom is -0.318 e. The molecule has 0 aromatic heterocycles. The summed E-state index contributed by atoms with van der Waals surface area (Å²) in [6.07, 6.45) is 5.57. The molecule has 0 fully saturated rings. The molecule has 3 rings (SSSR count). The van der Waals surface area contributed by atoms with Crippen molar-refractivity contribution >= 4 is 17.3 Å². The molecule has 1 aliphatic heterocycles. The second-order valence-electron chi connectivity index (χ2n) is 3.97. The minimum atomic E-state index is -0.434. The molecule has 88 valence electrons. The molecule has 0 unspecified atom stereocenters. The van der Waals surface area contributed by atoms with Crippen molar-refractivity contribution in [2.75, 3.05) is 0 Å². The topological polar surface area (TPSA) is 51.0 Å². The van der Waals surface area contributed by atoms with Crippen molar-refractivity contribution in [1.29, 1.82) is 0 Å². The van der Waals surface area contributed by atoms with Crippen LogP contribution in [0.1, 0.15) is 6.92 Å². The van der Waals surface area contributed by atoms with Gasteiger partial charge >= 0.3 is 5.97 Å². The van der Waals surface area contributed by atoms with E-state index in [0.29, 0.717) is 5.71 Å². The molecule has 2 aliphatic rings. The van der Waals surface area contributed by atoms with E-state index in [1.807, 2.05) is 36.4 Å². The Bertz CT molecular complexity index is 739. The van der Waals surface area contributed by atoms with Gasteiger partial charge in [0.15, 0.2) is 0 Å². The maximum atomic E-state index is 10.8. The fraction of sp³-hybridized carbons (Fsp3) is 0.0714. The second-order valence-corrected chi connectivity index (χ2v) is 3.97. The Labute approximate surface area is 103 Å². The third-order valence-corrected chi connectivity index (χ3v) is 2.71. The lowest BCUT2D eigenvalue weighted by atomic mass is 10.0. The summed E-state index contributed by atoms with van der Waals surface area (Å²) in [6.45, 7) is 1.32. The second kappa shape index (κ2) is 4.07. The van der Waals surface area contributed by atoms with Gasteiger partial charge < -0.3 is 4.84 Å². The quantitative estimate of drug-likeness (QED) is 0.538. The smallest absolute Gasteiger partial charge is 0.318 e. The van der Waals surface area contributed by atoms with E-state index < -0.39 is 5.97 Å². The van der Waals surface area contributed by atoms with Crippen LogP contribution in [0.15, 0.2) is 58.3 Å². The first-order valence-electron chi connectivity index (χ1n) is 5.58. The van der Waals surface area contributed by atoms with E-state index in [9.17, 15) is 4.79 Å². The molecular formula is C14H10N2O2. The third-order valence-electron chi connectivity index (χ3n) is 2.71. The monoisotopic (exact) mass is 238 g/mol. The van der Waals surface area contributed by atoms with E-state index in [1.165, 1.54) is 6.92 Å². The van der Waals surface area contributed by atoms with Crippen LogP contribution in [0.25, 0.3) is 5.57 Å². The zero-order valence-corrected chi connectivity index (χ0v) is 9.75. The molecule has 1 heterocycles. The lowest BCUT2D eigenvalue weighted by Crippen LogP contribution is -2.24. The van der Waals surface area contributed by atoms with Gasteiger partial charge in [0.1, 0.15) is 5.71 Å². The maximum absolute atomic E-state index is 10.8. The van der Waals surface area contributed by atoms with E-state index >= 15 is 0 Å². The third kappa shape index (κ3) is 1.68. The first-order valence-corrected chi connectivity index (χ1v) is 5.58. The molecule has 1 aromatic rings. The number of carbonyl (C=O) groups is 1. The Morgan fingerprint density at radius 3 is 3.00 bits per heavy atom. The predicted octanol–water partition coefficient (Wildman–Crippen LogP) is 0.843. The van der Waals surface area contributed by atoms with Gasteiger partial charge in [0.05, 0.1) is 11.1 Å².